The molecule has 0 saturated heterocycles. The lowest BCUT2D eigenvalue weighted by molar-refractivity contribution is -0.149. The second-order valence-corrected chi connectivity index (χ2v) is 5.50. The van der Waals surface area contributed by atoms with Crippen LogP contribution in [0.4, 0.5) is 13.2 Å². The Morgan fingerprint density at radius 2 is 1.90 bits per heavy atom. The van der Waals surface area contributed by atoms with Crippen LogP contribution >= 0.6 is 11.6 Å². The Morgan fingerprint density at radius 3 is 2.35 bits per heavy atom. The van der Waals surface area contributed by atoms with Gasteiger partial charge in [-0.05, 0) is 44.0 Å². The molecule has 0 spiro atoms. The molecule has 20 heavy (non-hydrogen) atoms. The predicted molar refractivity (Wildman–Crippen MR) is 71.0 cm³/mol. The van der Waals surface area contributed by atoms with E-state index in [-0.39, 0.29) is 11.8 Å². The number of carbonyl (C=O) groups is 1. The quantitative estimate of drug-likeness (QED) is 0.768. The second-order valence-electron chi connectivity index (χ2n) is 5.07. The van der Waals surface area contributed by atoms with Gasteiger partial charge < -0.3 is 0 Å². The molecule has 110 valence electrons. The van der Waals surface area contributed by atoms with Crippen LogP contribution in [0.1, 0.15) is 30.1 Å². The SMILES string of the molecule is CC(C(=O)c1ccc(Cl)cc1)N(CC(F)(F)F)C1CC1. The maximum atomic E-state index is 12.6. The minimum atomic E-state index is -4.29. The average molecular weight is 306 g/mol. The van der Waals surface area contributed by atoms with Crippen molar-refractivity contribution in [3.8, 4) is 0 Å². The molecule has 0 N–H and O–H groups in total. The smallest absolute Gasteiger partial charge is 0.292 e. The van der Waals surface area contributed by atoms with Crippen LogP contribution < -0.4 is 0 Å². The van der Waals surface area contributed by atoms with Crippen LogP contribution in [-0.4, -0.2) is 35.5 Å². The maximum Gasteiger partial charge on any atom is 0.401 e. The van der Waals surface area contributed by atoms with Gasteiger partial charge in [0.15, 0.2) is 5.78 Å². The molecule has 1 aromatic carbocycles. The fourth-order valence-corrected chi connectivity index (χ4v) is 2.33. The van der Waals surface area contributed by atoms with Gasteiger partial charge in [-0.2, -0.15) is 13.2 Å². The molecule has 0 bridgehead atoms. The van der Waals surface area contributed by atoms with E-state index < -0.39 is 18.8 Å². The third kappa shape index (κ3) is 3.96. The average Bonchev–Trinajstić information content (AvgIpc) is 3.18. The van der Waals surface area contributed by atoms with Crippen molar-refractivity contribution in [3.63, 3.8) is 0 Å². The fourth-order valence-electron chi connectivity index (χ4n) is 2.20. The molecule has 0 radical (unpaired) electrons. The predicted octanol–water partition coefficient (Wildman–Crippen LogP) is 3.94. The van der Waals surface area contributed by atoms with Gasteiger partial charge in [0.2, 0.25) is 0 Å². The van der Waals surface area contributed by atoms with Gasteiger partial charge in [0.25, 0.3) is 0 Å². The molecule has 1 aromatic rings. The highest BCUT2D eigenvalue weighted by Gasteiger charge is 2.42. The van der Waals surface area contributed by atoms with E-state index in [0.29, 0.717) is 23.4 Å². The van der Waals surface area contributed by atoms with Crippen LogP contribution in [0.3, 0.4) is 0 Å². The van der Waals surface area contributed by atoms with E-state index in [2.05, 4.69) is 0 Å². The highest BCUT2D eigenvalue weighted by atomic mass is 35.5. The molecule has 2 rings (SSSR count). The van der Waals surface area contributed by atoms with Crippen LogP contribution in [0.5, 0.6) is 0 Å². The van der Waals surface area contributed by atoms with Crippen molar-refractivity contribution in [1.29, 1.82) is 0 Å². The molecule has 1 saturated carbocycles. The molecular formula is C14H15ClF3NO. The van der Waals surface area contributed by atoms with Crippen molar-refractivity contribution in [2.75, 3.05) is 6.54 Å². The molecule has 0 aromatic heterocycles. The summed E-state index contributed by atoms with van der Waals surface area (Å²) < 4.78 is 37.8. The van der Waals surface area contributed by atoms with Crippen molar-refractivity contribution < 1.29 is 18.0 Å². The normalized spacial score (nSPS) is 17.3. The third-order valence-corrected chi connectivity index (χ3v) is 3.64. The van der Waals surface area contributed by atoms with Gasteiger partial charge >= 0.3 is 6.18 Å². The molecule has 1 fully saturated rings. The van der Waals surface area contributed by atoms with Gasteiger partial charge in [-0.25, -0.2) is 0 Å². The molecule has 1 aliphatic carbocycles. The van der Waals surface area contributed by atoms with E-state index >= 15 is 0 Å². The zero-order valence-electron chi connectivity index (χ0n) is 11.0. The number of ketones is 1. The largest absolute Gasteiger partial charge is 0.401 e. The molecule has 2 nitrogen and oxygen atoms in total. The van der Waals surface area contributed by atoms with Gasteiger partial charge in [0, 0.05) is 16.6 Å². The van der Waals surface area contributed by atoms with E-state index in [1.54, 1.807) is 24.3 Å². The maximum absolute atomic E-state index is 12.6. The van der Waals surface area contributed by atoms with E-state index in [1.807, 2.05) is 0 Å². The summed E-state index contributed by atoms with van der Waals surface area (Å²) in [6.07, 6.45) is -2.86. The van der Waals surface area contributed by atoms with Gasteiger partial charge in [0.05, 0.1) is 12.6 Å². The summed E-state index contributed by atoms with van der Waals surface area (Å²) >= 11 is 5.74. The monoisotopic (exact) mass is 305 g/mol. The summed E-state index contributed by atoms with van der Waals surface area (Å²) in [7, 11) is 0. The lowest BCUT2D eigenvalue weighted by Crippen LogP contribution is -2.45. The van der Waals surface area contributed by atoms with Crippen molar-refractivity contribution in [2.45, 2.75) is 38.0 Å². The Hall–Kier alpha value is -1.07. The minimum absolute atomic E-state index is 0.136. The molecule has 1 aliphatic rings. The van der Waals surface area contributed by atoms with Crippen molar-refractivity contribution >= 4 is 17.4 Å². The highest BCUT2D eigenvalue weighted by Crippen LogP contribution is 2.32. The zero-order valence-corrected chi connectivity index (χ0v) is 11.7. The first-order valence-corrected chi connectivity index (χ1v) is 6.78. The summed E-state index contributed by atoms with van der Waals surface area (Å²) in [6.45, 7) is 0.485. The van der Waals surface area contributed by atoms with Crippen molar-refractivity contribution in [3.05, 3.63) is 34.9 Å². The van der Waals surface area contributed by atoms with Crippen LogP contribution in [0.15, 0.2) is 24.3 Å². The summed E-state index contributed by atoms with van der Waals surface area (Å²) in [5.74, 6) is -0.308. The van der Waals surface area contributed by atoms with Crippen molar-refractivity contribution in [1.82, 2.24) is 4.90 Å². The number of alkyl halides is 3. The molecule has 0 amide bonds. The van der Waals surface area contributed by atoms with Gasteiger partial charge in [-0.3, -0.25) is 9.69 Å². The van der Waals surface area contributed by atoms with Crippen LogP contribution in [0.25, 0.3) is 0 Å². The topological polar surface area (TPSA) is 20.3 Å². The van der Waals surface area contributed by atoms with Crippen LogP contribution in [0, 0.1) is 0 Å². The first-order valence-electron chi connectivity index (χ1n) is 6.40. The standard InChI is InChI=1S/C14H15ClF3NO/c1-9(13(20)10-2-4-11(15)5-3-10)19(12-6-7-12)8-14(16,17)18/h2-5,9,12H,6-8H2,1H3. The summed E-state index contributed by atoms with van der Waals surface area (Å²) in [6, 6.07) is 5.28. The number of carbonyl (C=O) groups excluding carboxylic acids is 1. The summed E-state index contributed by atoms with van der Waals surface area (Å²) in [4.78, 5) is 13.5. The number of rotatable bonds is 5. The Morgan fingerprint density at radius 1 is 1.35 bits per heavy atom. The number of benzene rings is 1. The van der Waals surface area contributed by atoms with Gasteiger partial charge in [0.1, 0.15) is 0 Å². The number of halogens is 4. The Balaban J connectivity index is 2.12. The van der Waals surface area contributed by atoms with E-state index in [1.165, 1.54) is 11.8 Å². The zero-order chi connectivity index (χ0) is 14.9. The Kier molecular flexibility index (Phi) is 4.39. The highest BCUT2D eigenvalue weighted by molar-refractivity contribution is 6.30. The molecule has 1 unspecified atom stereocenters. The molecule has 6 heteroatoms. The number of hydrogen-bond acceptors (Lipinski definition) is 2. The molecule has 0 heterocycles. The van der Waals surface area contributed by atoms with Crippen molar-refractivity contribution in [2.24, 2.45) is 0 Å². The van der Waals surface area contributed by atoms with E-state index in [0.717, 1.165) is 0 Å². The fraction of sp³-hybridized carbons (Fsp3) is 0.500. The molecule has 1 atom stereocenters. The van der Waals surface area contributed by atoms with E-state index in [9.17, 15) is 18.0 Å². The van der Waals surface area contributed by atoms with Gasteiger partial charge in [-0.1, -0.05) is 11.6 Å². The lowest BCUT2D eigenvalue weighted by Gasteiger charge is -2.29. The second kappa shape index (κ2) is 5.74. The number of hydrogen-bond donors (Lipinski definition) is 0. The summed E-state index contributed by atoms with van der Waals surface area (Å²) in [5.41, 5.74) is 0.384. The number of nitrogens with zero attached hydrogens (tertiary/aromatic N) is 1. The Bertz CT molecular complexity index is 482. The molecule has 0 aliphatic heterocycles. The van der Waals surface area contributed by atoms with Crippen LogP contribution in [0.2, 0.25) is 5.02 Å². The van der Waals surface area contributed by atoms with E-state index in [4.69, 9.17) is 11.6 Å². The first-order chi connectivity index (χ1) is 9.28. The van der Waals surface area contributed by atoms with Gasteiger partial charge in [-0.15, -0.1) is 0 Å². The molecular weight excluding hydrogens is 291 g/mol. The third-order valence-electron chi connectivity index (χ3n) is 3.38. The Labute approximate surface area is 120 Å². The minimum Gasteiger partial charge on any atom is -0.292 e. The number of Topliss-reactive ketones (excluding diaryl/α,β-unsaturated/α-hetero) is 1. The van der Waals surface area contributed by atoms with Crippen LogP contribution in [-0.2, 0) is 0 Å². The lowest BCUT2D eigenvalue weighted by atomic mass is 10.0. The summed E-state index contributed by atoms with van der Waals surface area (Å²) in [5, 5.41) is 0.489. The first kappa shape index (κ1) is 15.3.